The molecule has 0 saturated carbocycles. The van der Waals surface area contributed by atoms with Gasteiger partial charge in [-0.25, -0.2) is 8.78 Å². The molecule has 2 aromatic rings. The predicted octanol–water partition coefficient (Wildman–Crippen LogP) is 2.77. The minimum Gasteiger partial charge on any atom is -0.338 e. The minimum absolute atomic E-state index is 0.134. The van der Waals surface area contributed by atoms with E-state index in [9.17, 15) is 13.6 Å². The SMILES string of the molecule is O=C(Cc1nc(-c2ccc(Cl)cc2)no1)C(F)F. The molecule has 1 aromatic carbocycles. The fourth-order valence-corrected chi connectivity index (χ4v) is 1.40. The topological polar surface area (TPSA) is 56.0 Å². The molecule has 0 atom stereocenters. The third-order valence-electron chi connectivity index (χ3n) is 2.14. The van der Waals surface area contributed by atoms with Crippen molar-refractivity contribution in [2.45, 2.75) is 12.8 Å². The molecule has 0 amide bonds. The van der Waals surface area contributed by atoms with Crippen molar-refractivity contribution in [2.75, 3.05) is 0 Å². The van der Waals surface area contributed by atoms with Gasteiger partial charge in [0.25, 0.3) is 6.43 Å². The number of Topliss-reactive ketones (excluding diaryl/α,β-unsaturated/α-hetero) is 1. The van der Waals surface area contributed by atoms with Crippen LogP contribution in [0.5, 0.6) is 0 Å². The fourth-order valence-electron chi connectivity index (χ4n) is 1.27. The lowest BCUT2D eigenvalue weighted by Crippen LogP contribution is -2.12. The molecule has 2 rings (SSSR count). The first kappa shape index (κ1) is 12.6. The number of ketones is 1. The normalized spacial score (nSPS) is 10.9. The number of halogens is 3. The molecule has 0 saturated heterocycles. The van der Waals surface area contributed by atoms with Crippen LogP contribution >= 0.6 is 11.6 Å². The summed E-state index contributed by atoms with van der Waals surface area (Å²) in [4.78, 5) is 14.7. The van der Waals surface area contributed by atoms with Crippen LogP contribution in [0.4, 0.5) is 8.78 Å². The van der Waals surface area contributed by atoms with Gasteiger partial charge in [0, 0.05) is 10.6 Å². The molecule has 0 aliphatic heterocycles. The lowest BCUT2D eigenvalue weighted by atomic mass is 10.2. The third-order valence-corrected chi connectivity index (χ3v) is 2.39. The first-order chi connectivity index (χ1) is 8.56. The van der Waals surface area contributed by atoms with Crippen LogP contribution < -0.4 is 0 Å². The van der Waals surface area contributed by atoms with Crippen LogP contribution in [0.15, 0.2) is 28.8 Å². The van der Waals surface area contributed by atoms with Crippen molar-refractivity contribution in [3.8, 4) is 11.4 Å². The maximum absolute atomic E-state index is 12.0. The van der Waals surface area contributed by atoms with Crippen LogP contribution in [0.2, 0.25) is 5.02 Å². The number of alkyl halides is 2. The highest BCUT2D eigenvalue weighted by atomic mass is 35.5. The van der Waals surface area contributed by atoms with Crippen molar-refractivity contribution in [2.24, 2.45) is 0 Å². The number of carbonyl (C=O) groups is 1. The molecule has 1 heterocycles. The number of hydrogen-bond donors (Lipinski definition) is 0. The van der Waals surface area contributed by atoms with Gasteiger partial charge >= 0.3 is 0 Å². The number of hydrogen-bond acceptors (Lipinski definition) is 4. The van der Waals surface area contributed by atoms with Gasteiger partial charge in [0.05, 0.1) is 6.42 Å². The van der Waals surface area contributed by atoms with Gasteiger partial charge in [-0.05, 0) is 24.3 Å². The number of rotatable bonds is 4. The summed E-state index contributed by atoms with van der Waals surface area (Å²) in [6.07, 6.45) is -3.60. The zero-order valence-corrected chi connectivity index (χ0v) is 9.69. The Morgan fingerprint density at radius 2 is 2.00 bits per heavy atom. The first-order valence-corrected chi connectivity index (χ1v) is 5.33. The Balaban J connectivity index is 2.15. The zero-order valence-electron chi connectivity index (χ0n) is 8.94. The van der Waals surface area contributed by atoms with E-state index in [1.807, 2.05) is 0 Å². The second-order valence-electron chi connectivity index (χ2n) is 3.46. The van der Waals surface area contributed by atoms with Crippen LogP contribution in [0, 0.1) is 0 Å². The second kappa shape index (κ2) is 5.22. The van der Waals surface area contributed by atoms with E-state index in [0.29, 0.717) is 10.6 Å². The first-order valence-electron chi connectivity index (χ1n) is 4.95. The zero-order chi connectivity index (χ0) is 13.1. The van der Waals surface area contributed by atoms with Gasteiger partial charge in [-0.2, -0.15) is 4.98 Å². The lowest BCUT2D eigenvalue weighted by Gasteiger charge is -1.94. The van der Waals surface area contributed by atoms with Gasteiger partial charge in [0.1, 0.15) is 0 Å². The second-order valence-corrected chi connectivity index (χ2v) is 3.90. The van der Waals surface area contributed by atoms with Crippen molar-refractivity contribution in [3.63, 3.8) is 0 Å². The van der Waals surface area contributed by atoms with Gasteiger partial charge in [-0.1, -0.05) is 16.8 Å². The Morgan fingerprint density at radius 3 is 2.61 bits per heavy atom. The molecular weight excluding hydrogens is 266 g/mol. The number of benzene rings is 1. The third kappa shape index (κ3) is 2.89. The number of aromatic nitrogens is 2. The summed E-state index contributed by atoms with van der Waals surface area (Å²) in [5.74, 6) is -1.16. The average Bonchev–Trinajstić information content (AvgIpc) is 2.78. The Hall–Kier alpha value is -1.82. The van der Waals surface area contributed by atoms with Crippen molar-refractivity contribution in [1.29, 1.82) is 0 Å². The van der Waals surface area contributed by atoms with Crippen molar-refractivity contribution in [1.82, 2.24) is 10.1 Å². The summed E-state index contributed by atoms with van der Waals surface area (Å²) in [5, 5.41) is 4.15. The monoisotopic (exact) mass is 272 g/mol. The van der Waals surface area contributed by atoms with Crippen molar-refractivity contribution >= 4 is 17.4 Å². The minimum atomic E-state index is -3.03. The largest absolute Gasteiger partial charge is 0.338 e. The van der Waals surface area contributed by atoms with Crippen LogP contribution in [0.25, 0.3) is 11.4 Å². The van der Waals surface area contributed by atoms with Gasteiger partial charge in [-0.15, -0.1) is 0 Å². The smallest absolute Gasteiger partial charge is 0.296 e. The fraction of sp³-hybridized carbons (Fsp3) is 0.182. The molecule has 1 aromatic heterocycles. The Morgan fingerprint density at radius 1 is 1.33 bits per heavy atom. The van der Waals surface area contributed by atoms with Crippen LogP contribution in [0.3, 0.4) is 0 Å². The predicted molar refractivity (Wildman–Crippen MR) is 59.5 cm³/mol. The highest BCUT2D eigenvalue weighted by Crippen LogP contribution is 2.18. The molecule has 18 heavy (non-hydrogen) atoms. The van der Waals surface area contributed by atoms with E-state index in [4.69, 9.17) is 16.1 Å². The molecule has 0 aliphatic rings. The van der Waals surface area contributed by atoms with E-state index in [1.165, 1.54) is 0 Å². The van der Waals surface area contributed by atoms with Gasteiger partial charge in [0.15, 0.2) is 0 Å². The molecule has 0 radical (unpaired) electrons. The summed E-state index contributed by atoms with van der Waals surface area (Å²) < 4.78 is 28.8. The summed E-state index contributed by atoms with van der Waals surface area (Å²) in [5.41, 5.74) is 0.624. The van der Waals surface area contributed by atoms with Gasteiger partial charge in [-0.3, -0.25) is 4.79 Å². The quantitative estimate of drug-likeness (QED) is 0.859. The van der Waals surface area contributed by atoms with E-state index >= 15 is 0 Å². The maximum Gasteiger partial charge on any atom is 0.296 e. The molecule has 0 N–H and O–H groups in total. The molecule has 94 valence electrons. The summed E-state index contributed by atoms with van der Waals surface area (Å²) in [6, 6.07) is 6.59. The highest BCUT2D eigenvalue weighted by molar-refractivity contribution is 6.30. The lowest BCUT2D eigenvalue weighted by molar-refractivity contribution is -0.129. The number of carbonyl (C=O) groups excluding carboxylic acids is 1. The van der Waals surface area contributed by atoms with Gasteiger partial charge < -0.3 is 4.52 Å². The standard InChI is InChI=1S/C11H7ClF2N2O2/c12-7-3-1-6(2-4-7)11-15-9(18-16-11)5-8(17)10(13)14/h1-4,10H,5H2. The van der Waals surface area contributed by atoms with Crippen molar-refractivity contribution in [3.05, 3.63) is 35.2 Å². The van der Waals surface area contributed by atoms with Crippen LogP contribution in [0.1, 0.15) is 5.89 Å². The Bertz CT molecular complexity index is 554. The van der Waals surface area contributed by atoms with Crippen molar-refractivity contribution < 1.29 is 18.1 Å². The maximum atomic E-state index is 12.0. The molecule has 7 heteroatoms. The molecule has 0 bridgehead atoms. The van der Waals surface area contributed by atoms with Crippen LogP contribution in [-0.4, -0.2) is 22.3 Å². The van der Waals surface area contributed by atoms with E-state index in [0.717, 1.165) is 0 Å². The Labute approximate surface area is 106 Å². The van der Waals surface area contributed by atoms with Crippen LogP contribution in [-0.2, 0) is 11.2 Å². The molecule has 4 nitrogen and oxygen atoms in total. The summed E-state index contributed by atoms with van der Waals surface area (Å²) in [6.45, 7) is 0. The molecule has 0 aliphatic carbocycles. The van der Waals surface area contributed by atoms with E-state index in [1.54, 1.807) is 24.3 Å². The number of nitrogens with zero attached hydrogens (tertiary/aromatic N) is 2. The average molecular weight is 273 g/mol. The molecule has 0 spiro atoms. The van der Waals surface area contributed by atoms with E-state index in [2.05, 4.69) is 10.1 Å². The summed E-state index contributed by atoms with van der Waals surface area (Å²) in [7, 11) is 0. The van der Waals surface area contributed by atoms with E-state index in [-0.39, 0.29) is 11.7 Å². The van der Waals surface area contributed by atoms with Gasteiger partial charge in [0.2, 0.25) is 17.5 Å². The highest BCUT2D eigenvalue weighted by Gasteiger charge is 2.19. The summed E-state index contributed by atoms with van der Waals surface area (Å²) >= 11 is 5.72. The van der Waals surface area contributed by atoms with E-state index < -0.39 is 18.6 Å². The Kier molecular flexibility index (Phi) is 3.66. The molecule has 0 fully saturated rings. The molecule has 0 unspecified atom stereocenters. The molecular formula is C11H7ClF2N2O2.